The molecule has 25 heavy (non-hydrogen) atoms. The van der Waals surface area contributed by atoms with Gasteiger partial charge in [0.15, 0.2) is 5.52 Å². The maximum Gasteiger partial charge on any atom is 0.279 e. The molecular weight excluding hydrogens is 342 g/mol. The molecule has 0 atom stereocenters. The highest BCUT2D eigenvalue weighted by atomic mass is 32.2. The lowest BCUT2D eigenvalue weighted by Gasteiger charge is -2.10. The molecular formula is C16H19N5O3S. The fourth-order valence-electron chi connectivity index (χ4n) is 2.67. The number of sulfonamides is 1. The monoisotopic (exact) mass is 361 g/mol. The van der Waals surface area contributed by atoms with Crippen LogP contribution in [0.15, 0.2) is 29.1 Å². The van der Waals surface area contributed by atoms with E-state index in [1.807, 2.05) is 6.92 Å². The molecule has 1 aromatic carbocycles. The van der Waals surface area contributed by atoms with Crippen LogP contribution >= 0.6 is 0 Å². The Bertz CT molecular complexity index is 1070. The van der Waals surface area contributed by atoms with E-state index >= 15 is 0 Å². The van der Waals surface area contributed by atoms with Crippen LogP contribution in [0, 0.1) is 0 Å². The zero-order valence-electron chi connectivity index (χ0n) is 14.0. The van der Waals surface area contributed by atoms with Crippen LogP contribution in [-0.2, 0) is 22.9 Å². The third kappa shape index (κ3) is 3.87. The molecule has 3 rings (SSSR count). The van der Waals surface area contributed by atoms with Gasteiger partial charge in [0.25, 0.3) is 5.56 Å². The Hall–Kier alpha value is -2.68. The van der Waals surface area contributed by atoms with Crippen molar-refractivity contribution in [3.8, 4) is 0 Å². The second-order valence-corrected chi connectivity index (χ2v) is 7.62. The molecule has 2 heterocycles. The molecule has 0 fully saturated rings. The summed E-state index contributed by atoms with van der Waals surface area (Å²) in [5.41, 5.74) is 2.55. The summed E-state index contributed by atoms with van der Waals surface area (Å²) < 4.78 is 25.5. The molecule has 132 valence electrons. The normalized spacial score (nSPS) is 11.8. The number of benzene rings is 1. The van der Waals surface area contributed by atoms with Gasteiger partial charge in [0.1, 0.15) is 11.3 Å². The quantitative estimate of drug-likeness (QED) is 0.615. The molecule has 2 aromatic heterocycles. The van der Waals surface area contributed by atoms with Gasteiger partial charge in [-0.2, -0.15) is 5.10 Å². The lowest BCUT2D eigenvalue weighted by Crippen LogP contribution is -2.14. The Labute approximate surface area is 144 Å². The molecule has 9 heteroatoms. The van der Waals surface area contributed by atoms with E-state index in [9.17, 15) is 13.2 Å². The molecule has 0 unspecified atom stereocenters. The lowest BCUT2D eigenvalue weighted by atomic mass is 10.1. The minimum atomic E-state index is -3.40. The summed E-state index contributed by atoms with van der Waals surface area (Å²) in [7, 11) is -3.40. The lowest BCUT2D eigenvalue weighted by molar-refractivity contribution is 0.606. The van der Waals surface area contributed by atoms with Crippen LogP contribution in [0.2, 0.25) is 0 Å². The van der Waals surface area contributed by atoms with Crippen molar-refractivity contribution in [3.05, 3.63) is 51.7 Å². The number of H-pyrrole nitrogens is 2. The van der Waals surface area contributed by atoms with Gasteiger partial charge < -0.3 is 4.98 Å². The zero-order valence-corrected chi connectivity index (χ0v) is 14.8. The Morgan fingerprint density at radius 2 is 1.96 bits per heavy atom. The number of nitrogens with one attached hydrogen (secondary N) is 3. The molecule has 3 N–H and O–H groups in total. The molecule has 0 aliphatic rings. The van der Waals surface area contributed by atoms with E-state index in [1.165, 1.54) is 0 Å². The Morgan fingerprint density at radius 1 is 1.20 bits per heavy atom. The number of rotatable bonds is 6. The van der Waals surface area contributed by atoms with Gasteiger partial charge >= 0.3 is 0 Å². The Kier molecular flexibility index (Phi) is 4.58. The summed E-state index contributed by atoms with van der Waals surface area (Å²) in [4.78, 5) is 19.5. The van der Waals surface area contributed by atoms with Crippen LogP contribution in [-0.4, -0.2) is 34.8 Å². The van der Waals surface area contributed by atoms with Crippen LogP contribution in [0.1, 0.15) is 30.4 Å². The average molecular weight is 361 g/mol. The summed E-state index contributed by atoms with van der Waals surface area (Å²) in [5, 5.41) is 6.89. The van der Waals surface area contributed by atoms with Crippen molar-refractivity contribution in [3.63, 3.8) is 0 Å². The van der Waals surface area contributed by atoms with Gasteiger partial charge in [-0.15, -0.1) is 0 Å². The van der Waals surface area contributed by atoms with Gasteiger partial charge in [0.2, 0.25) is 10.0 Å². The number of aromatic nitrogens is 4. The van der Waals surface area contributed by atoms with E-state index in [4.69, 9.17) is 0 Å². The molecule has 0 saturated heterocycles. The van der Waals surface area contributed by atoms with Crippen LogP contribution in [0.4, 0.5) is 5.69 Å². The number of hydrogen-bond acceptors (Lipinski definition) is 5. The van der Waals surface area contributed by atoms with E-state index in [1.54, 1.807) is 24.3 Å². The summed E-state index contributed by atoms with van der Waals surface area (Å²) in [6.45, 7) is 2.04. The van der Waals surface area contributed by atoms with Gasteiger partial charge in [-0.3, -0.25) is 14.6 Å². The van der Waals surface area contributed by atoms with Crippen molar-refractivity contribution >= 4 is 26.7 Å². The first-order valence-electron chi connectivity index (χ1n) is 7.89. The van der Waals surface area contributed by atoms with Crippen LogP contribution in [0.3, 0.4) is 0 Å². The van der Waals surface area contributed by atoms with Crippen molar-refractivity contribution in [1.82, 2.24) is 20.2 Å². The Morgan fingerprint density at radius 3 is 2.68 bits per heavy atom. The molecule has 3 aromatic rings. The summed E-state index contributed by atoms with van der Waals surface area (Å²) in [6, 6.07) is 7.01. The first-order chi connectivity index (χ1) is 11.9. The summed E-state index contributed by atoms with van der Waals surface area (Å²) in [5.74, 6) is 0.457. The third-order valence-corrected chi connectivity index (χ3v) is 4.29. The molecule has 0 bridgehead atoms. The first kappa shape index (κ1) is 17.2. The number of fused-ring (bicyclic) bond motifs is 1. The molecule has 0 radical (unpaired) electrons. The summed E-state index contributed by atoms with van der Waals surface area (Å²) in [6.07, 6.45) is 3.04. The molecule has 0 aliphatic heterocycles. The van der Waals surface area contributed by atoms with Gasteiger partial charge in [-0.1, -0.05) is 31.5 Å². The van der Waals surface area contributed by atoms with Crippen molar-refractivity contribution in [2.24, 2.45) is 0 Å². The highest BCUT2D eigenvalue weighted by Gasteiger charge is 2.14. The van der Waals surface area contributed by atoms with E-state index in [2.05, 4.69) is 24.9 Å². The van der Waals surface area contributed by atoms with Crippen molar-refractivity contribution in [1.29, 1.82) is 0 Å². The number of aromatic amines is 2. The van der Waals surface area contributed by atoms with E-state index in [0.29, 0.717) is 23.4 Å². The van der Waals surface area contributed by atoms with Crippen LogP contribution in [0.25, 0.3) is 11.0 Å². The second-order valence-electron chi connectivity index (χ2n) is 5.87. The fraction of sp³-hybridized carbons (Fsp3) is 0.312. The molecule has 0 spiro atoms. The zero-order chi connectivity index (χ0) is 18.0. The molecule has 0 amide bonds. The van der Waals surface area contributed by atoms with Crippen molar-refractivity contribution < 1.29 is 8.42 Å². The SMILES string of the molecule is CCCc1[nH]nc2c(=O)[nH]c(Cc3ccccc3NS(C)(=O)=O)nc12. The standard InChI is InChI=1S/C16H19N5O3S/c1-3-6-12-14-15(20-19-12)16(22)18-13(17-14)9-10-7-4-5-8-11(10)21-25(2,23)24/h4-5,7-8,21H,3,6,9H2,1-2H3,(H,19,20)(H,17,18,22). The highest BCUT2D eigenvalue weighted by molar-refractivity contribution is 7.92. The maximum atomic E-state index is 12.2. The Balaban J connectivity index is 2.01. The van der Waals surface area contributed by atoms with E-state index < -0.39 is 10.0 Å². The molecule has 8 nitrogen and oxygen atoms in total. The summed E-state index contributed by atoms with van der Waals surface area (Å²) >= 11 is 0. The van der Waals surface area contributed by atoms with E-state index in [-0.39, 0.29) is 11.1 Å². The fourth-order valence-corrected chi connectivity index (χ4v) is 3.26. The first-order valence-corrected chi connectivity index (χ1v) is 9.78. The van der Waals surface area contributed by atoms with Gasteiger partial charge in [-0.05, 0) is 18.1 Å². The predicted molar refractivity (Wildman–Crippen MR) is 96.2 cm³/mol. The third-order valence-electron chi connectivity index (χ3n) is 3.70. The number of nitrogens with zero attached hydrogens (tertiary/aromatic N) is 2. The number of hydrogen-bond donors (Lipinski definition) is 3. The maximum absolute atomic E-state index is 12.2. The van der Waals surface area contributed by atoms with Gasteiger partial charge in [0, 0.05) is 6.42 Å². The predicted octanol–water partition coefficient (Wildman–Crippen LogP) is 1.56. The highest BCUT2D eigenvalue weighted by Crippen LogP contribution is 2.19. The van der Waals surface area contributed by atoms with Crippen molar-refractivity contribution in [2.45, 2.75) is 26.2 Å². The van der Waals surface area contributed by atoms with E-state index in [0.717, 1.165) is 30.4 Å². The largest absolute Gasteiger partial charge is 0.308 e. The molecule has 0 saturated carbocycles. The van der Waals surface area contributed by atoms with Gasteiger partial charge in [-0.25, -0.2) is 13.4 Å². The van der Waals surface area contributed by atoms with Crippen LogP contribution < -0.4 is 10.3 Å². The van der Waals surface area contributed by atoms with Crippen LogP contribution in [0.5, 0.6) is 0 Å². The number of anilines is 1. The minimum Gasteiger partial charge on any atom is -0.308 e. The number of para-hydroxylation sites is 1. The van der Waals surface area contributed by atoms with Crippen molar-refractivity contribution in [2.75, 3.05) is 11.0 Å². The average Bonchev–Trinajstić information content (AvgIpc) is 2.92. The minimum absolute atomic E-state index is 0.287. The topological polar surface area (TPSA) is 121 Å². The second kappa shape index (κ2) is 6.67. The molecule has 0 aliphatic carbocycles. The number of aryl methyl sites for hydroxylation is 1. The van der Waals surface area contributed by atoms with Gasteiger partial charge in [0.05, 0.1) is 17.6 Å². The smallest absolute Gasteiger partial charge is 0.279 e.